The van der Waals surface area contributed by atoms with Crippen LogP contribution in [0.25, 0.3) is 6.08 Å². The fraction of sp³-hybridized carbons (Fsp3) is 0.296. The summed E-state index contributed by atoms with van der Waals surface area (Å²) in [5.74, 6) is -0.667. The lowest BCUT2D eigenvalue weighted by atomic mass is 10.0. The number of hydrogen-bond acceptors (Lipinski definition) is 6. The summed E-state index contributed by atoms with van der Waals surface area (Å²) in [6.07, 6.45) is 3.44. The van der Waals surface area contributed by atoms with Gasteiger partial charge in [0.2, 0.25) is 0 Å². The van der Waals surface area contributed by atoms with E-state index >= 15 is 0 Å². The third-order valence-corrected chi connectivity index (χ3v) is 6.22. The van der Waals surface area contributed by atoms with Crippen molar-refractivity contribution in [3.8, 4) is 5.75 Å². The van der Waals surface area contributed by atoms with Gasteiger partial charge in [-0.3, -0.25) is 9.59 Å². The Hall–Kier alpha value is -3.62. The number of carbonyl (C=O) groups is 3. The lowest BCUT2D eigenvalue weighted by Gasteiger charge is -2.21. The number of hydrogen-bond donors (Lipinski definition) is 1. The van der Waals surface area contributed by atoms with E-state index in [9.17, 15) is 14.4 Å². The molecule has 36 heavy (non-hydrogen) atoms. The summed E-state index contributed by atoms with van der Waals surface area (Å²) < 4.78 is 16.2. The second-order valence-corrected chi connectivity index (χ2v) is 8.91. The highest BCUT2D eigenvalue weighted by atomic mass is 35.5. The van der Waals surface area contributed by atoms with Crippen molar-refractivity contribution < 1.29 is 28.6 Å². The normalized spacial score (nSPS) is 18.6. The molecule has 1 N–H and O–H groups in total. The average molecular weight is 511 g/mol. The molecule has 4 rings (SSSR count). The minimum atomic E-state index is -0.562. The fourth-order valence-corrected chi connectivity index (χ4v) is 4.37. The maximum absolute atomic E-state index is 13.2. The van der Waals surface area contributed by atoms with Crippen LogP contribution in [0.3, 0.4) is 0 Å². The third kappa shape index (κ3) is 5.95. The molecule has 2 aromatic rings. The highest BCUT2D eigenvalue weighted by Gasteiger charge is 2.38. The van der Waals surface area contributed by atoms with Crippen molar-refractivity contribution in [3.63, 3.8) is 0 Å². The molecule has 188 valence electrons. The van der Waals surface area contributed by atoms with Gasteiger partial charge in [0.1, 0.15) is 5.75 Å². The van der Waals surface area contributed by atoms with E-state index in [0.717, 1.165) is 12.8 Å². The Morgan fingerprint density at radius 3 is 2.67 bits per heavy atom. The second-order valence-electron chi connectivity index (χ2n) is 8.48. The molecular weight excluding hydrogens is 484 g/mol. The van der Waals surface area contributed by atoms with Crippen molar-refractivity contribution >= 4 is 41.1 Å². The molecular formula is C27H27ClN2O6. The number of nitrogens with one attached hydrogen (secondary N) is 1. The molecule has 2 heterocycles. The molecule has 1 saturated heterocycles. The predicted octanol–water partition coefficient (Wildman–Crippen LogP) is 4.21. The molecule has 1 fully saturated rings. The topological polar surface area (TPSA) is 94.2 Å². The molecule has 0 unspecified atom stereocenters. The van der Waals surface area contributed by atoms with Crippen LogP contribution in [0.2, 0.25) is 5.02 Å². The molecule has 0 spiro atoms. The number of amides is 2. The van der Waals surface area contributed by atoms with Gasteiger partial charge in [0, 0.05) is 23.0 Å². The molecule has 0 saturated carbocycles. The van der Waals surface area contributed by atoms with E-state index in [1.54, 1.807) is 66.4 Å². The first-order valence-corrected chi connectivity index (χ1v) is 12.0. The maximum Gasteiger partial charge on any atom is 0.340 e. The molecule has 2 amide bonds. The molecule has 0 aliphatic carbocycles. The molecule has 0 radical (unpaired) electrons. The summed E-state index contributed by atoms with van der Waals surface area (Å²) in [5.41, 5.74) is 2.35. The monoisotopic (exact) mass is 510 g/mol. The number of allylic oxidation sites excluding steroid dienone is 1. The van der Waals surface area contributed by atoms with Crippen LogP contribution in [-0.2, 0) is 23.9 Å². The van der Waals surface area contributed by atoms with Crippen molar-refractivity contribution in [1.29, 1.82) is 0 Å². The molecule has 9 heteroatoms. The Morgan fingerprint density at radius 1 is 1.22 bits per heavy atom. The second kappa shape index (κ2) is 11.4. The number of halogens is 1. The standard InChI is InChI=1S/C27H27ClN2O6/c1-17-25(27(33)34-2)23(26(32)30(17)15-22-7-4-12-35-22)13-18-8-10-21(11-9-18)36-16-24(31)29-20-6-3-5-19(28)14-20/h3,5-6,8-11,13-14,22H,4,7,12,15-16H2,1-2H3,(H,29,31)/b23-13-/t22-/m1/s1. The first-order chi connectivity index (χ1) is 17.4. The molecule has 0 bridgehead atoms. The first-order valence-electron chi connectivity index (χ1n) is 11.6. The quantitative estimate of drug-likeness (QED) is 0.422. The molecule has 2 aliphatic rings. The van der Waals surface area contributed by atoms with Crippen LogP contribution in [-0.4, -0.2) is 55.7 Å². The Labute approximate surface area is 214 Å². The summed E-state index contributed by atoms with van der Waals surface area (Å²) in [6, 6.07) is 13.7. The van der Waals surface area contributed by atoms with Gasteiger partial charge < -0.3 is 24.4 Å². The molecule has 2 aromatic carbocycles. The molecule has 2 aliphatic heterocycles. The largest absolute Gasteiger partial charge is 0.484 e. The molecule has 8 nitrogen and oxygen atoms in total. The van der Waals surface area contributed by atoms with Crippen LogP contribution in [0.4, 0.5) is 5.69 Å². The number of rotatable bonds is 8. The Balaban J connectivity index is 1.44. The predicted molar refractivity (Wildman–Crippen MR) is 135 cm³/mol. The van der Waals surface area contributed by atoms with Crippen LogP contribution in [0.5, 0.6) is 5.75 Å². The smallest absolute Gasteiger partial charge is 0.340 e. The summed E-state index contributed by atoms with van der Waals surface area (Å²) >= 11 is 5.93. The van der Waals surface area contributed by atoms with Crippen molar-refractivity contribution in [1.82, 2.24) is 4.90 Å². The molecule has 1 atom stereocenters. The van der Waals surface area contributed by atoms with E-state index in [4.69, 9.17) is 25.8 Å². The van der Waals surface area contributed by atoms with Crippen LogP contribution in [0.1, 0.15) is 25.3 Å². The Kier molecular flexibility index (Phi) is 8.07. The van der Waals surface area contributed by atoms with Gasteiger partial charge in [-0.15, -0.1) is 0 Å². The van der Waals surface area contributed by atoms with E-state index in [0.29, 0.717) is 40.9 Å². The van der Waals surface area contributed by atoms with Gasteiger partial charge in [0.15, 0.2) is 6.61 Å². The maximum atomic E-state index is 13.2. The highest BCUT2D eigenvalue weighted by molar-refractivity contribution is 6.30. The van der Waals surface area contributed by atoms with Crippen molar-refractivity contribution in [3.05, 3.63) is 76.0 Å². The zero-order valence-corrected chi connectivity index (χ0v) is 20.8. The SMILES string of the molecule is COC(=O)C1=C(C)N(C[C@H]2CCCO2)C(=O)/C1=C\c1ccc(OCC(=O)Nc2cccc(Cl)c2)cc1. The number of carbonyl (C=O) groups excluding carboxylic acids is 3. The van der Waals surface area contributed by atoms with Gasteiger partial charge in [-0.1, -0.05) is 29.8 Å². The van der Waals surface area contributed by atoms with Gasteiger partial charge in [-0.2, -0.15) is 0 Å². The third-order valence-electron chi connectivity index (χ3n) is 5.98. The summed E-state index contributed by atoms with van der Waals surface area (Å²) in [4.78, 5) is 39.5. The van der Waals surface area contributed by atoms with Crippen molar-refractivity contribution in [2.45, 2.75) is 25.9 Å². The van der Waals surface area contributed by atoms with Gasteiger partial charge in [-0.25, -0.2) is 4.79 Å². The number of anilines is 1. The summed E-state index contributed by atoms with van der Waals surface area (Å²) in [5, 5.41) is 3.24. The minimum absolute atomic E-state index is 0.0466. The summed E-state index contributed by atoms with van der Waals surface area (Å²) in [6.45, 7) is 2.63. The van der Waals surface area contributed by atoms with Crippen LogP contribution < -0.4 is 10.1 Å². The first kappa shape index (κ1) is 25.5. The van der Waals surface area contributed by atoms with E-state index < -0.39 is 5.97 Å². The van der Waals surface area contributed by atoms with Crippen molar-refractivity contribution in [2.75, 3.05) is 32.2 Å². The van der Waals surface area contributed by atoms with Crippen molar-refractivity contribution in [2.24, 2.45) is 0 Å². The number of methoxy groups -OCH3 is 1. The lowest BCUT2D eigenvalue weighted by molar-refractivity contribution is -0.136. The minimum Gasteiger partial charge on any atom is -0.484 e. The Bertz CT molecular complexity index is 1220. The van der Waals surface area contributed by atoms with E-state index in [-0.39, 0.29) is 35.7 Å². The zero-order chi connectivity index (χ0) is 25.7. The lowest BCUT2D eigenvalue weighted by Crippen LogP contribution is -2.33. The fourth-order valence-electron chi connectivity index (χ4n) is 4.18. The van der Waals surface area contributed by atoms with E-state index in [1.807, 2.05) is 0 Å². The van der Waals surface area contributed by atoms with Gasteiger partial charge in [0.25, 0.3) is 11.8 Å². The number of esters is 1. The van der Waals surface area contributed by atoms with Crippen LogP contribution in [0, 0.1) is 0 Å². The number of ether oxygens (including phenoxy) is 3. The highest BCUT2D eigenvalue weighted by Crippen LogP contribution is 2.33. The van der Waals surface area contributed by atoms with E-state index in [1.165, 1.54) is 7.11 Å². The Morgan fingerprint density at radius 2 is 2.00 bits per heavy atom. The van der Waals surface area contributed by atoms with Gasteiger partial charge >= 0.3 is 5.97 Å². The van der Waals surface area contributed by atoms with Crippen LogP contribution >= 0.6 is 11.6 Å². The molecule has 0 aromatic heterocycles. The number of nitrogens with zero attached hydrogens (tertiary/aromatic N) is 1. The average Bonchev–Trinajstić information content (AvgIpc) is 3.46. The van der Waals surface area contributed by atoms with E-state index in [2.05, 4.69) is 5.32 Å². The van der Waals surface area contributed by atoms with Gasteiger partial charge in [0.05, 0.1) is 30.9 Å². The number of benzene rings is 2. The summed E-state index contributed by atoms with van der Waals surface area (Å²) in [7, 11) is 1.29. The zero-order valence-electron chi connectivity index (χ0n) is 20.1. The van der Waals surface area contributed by atoms with Gasteiger partial charge in [-0.05, 0) is 61.7 Å². The van der Waals surface area contributed by atoms with Crippen LogP contribution in [0.15, 0.2) is 65.4 Å².